The molecule has 0 unspecified atom stereocenters. The van der Waals surface area contributed by atoms with Gasteiger partial charge in [0, 0.05) is 5.56 Å². The zero-order valence-corrected chi connectivity index (χ0v) is 10.1. The van der Waals surface area contributed by atoms with E-state index < -0.39 is 6.43 Å². The van der Waals surface area contributed by atoms with Gasteiger partial charge in [0.25, 0.3) is 6.43 Å². The largest absolute Gasteiger partial charge is 0.481 e. The van der Waals surface area contributed by atoms with Crippen LogP contribution in [0.4, 0.5) is 8.78 Å². The minimum atomic E-state index is -2.54. The molecule has 0 atom stereocenters. The number of alkyl halides is 3. The van der Waals surface area contributed by atoms with Gasteiger partial charge in [0.1, 0.15) is 3.70 Å². The first kappa shape index (κ1) is 11.9. The Morgan fingerprint density at radius 2 is 2.29 bits per heavy atom. The van der Waals surface area contributed by atoms with Crippen molar-refractivity contribution in [2.45, 2.75) is 12.3 Å². The van der Waals surface area contributed by atoms with Crippen molar-refractivity contribution in [3.63, 3.8) is 0 Å². The van der Waals surface area contributed by atoms with E-state index in [-0.39, 0.29) is 15.1 Å². The zero-order valence-electron chi connectivity index (χ0n) is 7.23. The Morgan fingerprint density at radius 1 is 1.64 bits per heavy atom. The van der Waals surface area contributed by atoms with Gasteiger partial charge in [0.2, 0.25) is 5.88 Å². The van der Waals surface area contributed by atoms with Crippen molar-refractivity contribution < 1.29 is 13.5 Å². The summed E-state index contributed by atoms with van der Waals surface area (Å²) in [5, 5.41) is 0. The van der Waals surface area contributed by atoms with Crippen LogP contribution in [0.15, 0.2) is 6.07 Å². The average molecular weight is 334 g/mol. The van der Waals surface area contributed by atoms with E-state index in [4.69, 9.17) is 16.3 Å². The van der Waals surface area contributed by atoms with E-state index in [0.717, 1.165) is 0 Å². The molecular formula is C8H7ClF2INO. The van der Waals surface area contributed by atoms with E-state index in [0.29, 0.717) is 11.4 Å². The first-order valence-electron chi connectivity index (χ1n) is 3.67. The standard InChI is InChI=1S/C8H7ClF2INO/c1-14-8-4(3-9)2-5(6(10)11)7(12)13-8/h2,6H,3H2,1H3. The van der Waals surface area contributed by atoms with Crippen LogP contribution in [0, 0.1) is 3.70 Å². The maximum Gasteiger partial charge on any atom is 0.266 e. The Kier molecular flexibility index (Phi) is 4.31. The summed E-state index contributed by atoms with van der Waals surface area (Å²) >= 11 is 7.32. The molecule has 0 fully saturated rings. The maximum absolute atomic E-state index is 12.5. The third kappa shape index (κ3) is 2.44. The third-order valence-corrected chi connectivity index (χ3v) is 2.77. The SMILES string of the molecule is COc1nc(I)c(C(F)F)cc1CCl. The lowest BCUT2D eigenvalue weighted by atomic mass is 10.2. The van der Waals surface area contributed by atoms with Gasteiger partial charge in [-0.05, 0) is 28.7 Å². The summed E-state index contributed by atoms with van der Waals surface area (Å²) in [7, 11) is 1.43. The van der Waals surface area contributed by atoms with E-state index in [1.807, 2.05) is 0 Å². The predicted molar refractivity (Wildman–Crippen MR) is 58.0 cm³/mol. The van der Waals surface area contributed by atoms with Crippen LogP contribution in [0.2, 0.25) is 0 Å². The summed E-state index contributed by atoms with van der Waals surface area (Å²) in [6.07, 6.45) is -2.54. The molecule has 0 aliphatic carbocycles. The second kappa shape index (κ2) is 5.06. The summed E-state index contributed by atoms with van der Waals surface area (Å²) in [4.78, 5) is 3.88. The van der Waals surface area contributed by atoms with Crippen LogP contribution in [0.1, 0.15) is 17.6 Å². The smallest absolute Gasteiger partial charge is 0.266 e. The number of hydrogen-bond donors (Lipinski definition) is 0. The van der Waals surface area contributed by atoms with E-state index >= 15 is 0 Å². The molecule has 78 valence electrons. The van der Waals surface area contributed by atoms with Gasteiger partial charge in [-0.3, -0.25) is 0 Å². The maximum atomic E-state index is 12.5. The van der Waals surface area contributed by atoms with Gasteiger partial charge in [0.15, 0.2) is 0 Å². The molecule has 2 nitrogen and oxygen atoms in total. The molecule has 14 heavy (non-hydrogen) atoms. The Hall–Kier alpha value is -0.170. The van der Waals surface area contributed by atoms with Crippen LogP contribution in [-0.4, -0.2) is 12.1 Å². The molecule has 0 N–H and O–H groups in total. The molecule has 0 radical (unpaired) electrons. The van der Waals surface area contributed by atoms with Gasteiger partial charge in [0.05, 0.1) is 18.6 Å². The fourth-order valence-electron chi connectivity index (χ4n) is 0.960. The molecule has 0 aliphatic heterocycles. The number of ether oxygens (including phenoxy) is 1. The lowest BCUT2D eigenvalue weighted by Crippen LogP contribution is -2.00. The first-order valence-corrected chi connectivity index (χ1v) is 5.29. The Labute approximate surface area is 98.8 Å². The minimum absolute atomic E-state index is 0.104. The highest BCUT2D eigenvalue weighted by atomic mass is 127. The number of aromatic nitrogens is 1. The summed E-state index contributed by atoms with van der Waals surface area (Å²) in [5.74, 6) is 0.404. The predicted octanol–water partition coefficient (Wildman–Crippen LogP) is 3.37. The highest BCUT2D eigenvalue weighted by molar-refractivity contribution is 14.1. The number of halogens is 4. The van der Waals surface area contributed by atoms with Gasteiger partial charge in [-0.1, -0.05) is 0 Å². The molecule has 0 saturated heterocycles. The fraction of sp³-hybridized carbons (Fsp3) is 0.375. The monoisotopic (exact) mass is 333 g/mol. The van der Waals surface area contributed by atoms with Crippen LogP contribution in [0.25, 0.3) is 0 Å². The van der Waals surface area contributed by atoms with Gasteiger partial charge in [-0.15, -0.1) is 11.6 Å². The van der Waals surface area contributed by atoms with Gasteiger partial charge in [-0.2, -0.15) is 0 Å². The number of nitrogens with zero attached hydrogens (tertiary/aromatic N) is 1. The molecule has 0 aromatic carbocycles. The van der Waals surface area contributed by atoms with Crippen molar-refractivity contribution in [1.82, 2.24) is 4.98 Å². The molecule has 0 saturated carbocycles. The van der Waals surface area contributed by atoms with Gasteiger partial charge < -0.3 is 4.74 Å². The molecule has 1 heterocycles. The summed E-state index contributed by atoms with van der Waals surface area (Å²) in [5.41, 5.74) is 0.368. The second-order valence-electron chi connectivity index (χ2n) is 2.47. The van der Waals surface area contributed by atoms with Crippen molar-refractivity contribution in [3.05, 3.63) is 20.9 Å². The third-order valence-electron chi connectivity index (χ3n) is 1.61. The van der Waals surface area contributed by atoms with Crippen molar-refractivity contribution in [3.8, 4) is 5.88 Å². The Morgan fingerprint density at radius 3 is 2.71 bits per heavy atom. The van der Waals surface area contributed by atoms with E-state index in [2.05, 4.69) is 4.98 Å². The molecule has 1 aromatic rings. The highest BCUT2D eigenvalue weighted by Gasteiger charge is 2.16. The molecule has 0 spiro atoms. The fourth-order valence-corrected chi connectivity index (χ4v) is 1.76. The quantitative estimate of drug-likeness (QED) is 0.481. The number of rotatable bonds is 3. The van der Waals surface area contributed by atoms with E-state index in [1.165, 1.54) is 13.2 Å². The molecule has 1 rings (SSSR count). The summed E-state index contributed by atoms with van der Waals surface area (Å²) in [6, 6.07) is 1.32. The second-order valence-corrected chi connectivity index (χ2v) is 3.76. The molecule has 1 aromatic heterocycles. The van der Waals surface area contributed by atoms with Crippen molar-refractivity contribution in [1.29, 1.82) is 0 Å². The molecule has 0 aliphatic rings. The number of pyridine rings is 1. The van der Waals surface area contributed by atoms with E-state index in [9.17, 15) is 8.78 Å². The summed E-state index contributed by atoms with van der Waals surface area (Å²) < 4.78 is 30.0. The number of methoxy groups -OCH3 is 1. The molecule has 0 bridgehead atoms. The topological polar surface area (TPSA) is 22.1 Å². The lowest BCUT2D eigenvalue weighted by Gasteiger charge is -2.09. The Balaban J connectivity index is 3.23. The average Bonchev–Trinajstić information content (AvgIpc) is 2.16. The van der Waals surface area contributed by atoms with Gasteiger partial charge in [-0.25, -0.2) is 13.8 Å². The normalized spacial score (nSPS) is 10.7. The number of hydrogen-bond acceptors (Lipinski definition) is 2. The van der Waals surface area contributed by atoms with Crippen LogP contribution in [-0.2, 0) is 5.88 Å². The van der Waals surface area contributed by atoms with Crippen LogP contribution >= 0.6 is 34.2 Å². The lowest BCUT2D eigenvalue weighted by molar-refractivity contribution is 0.149. The first-order chi connectivity index (χ1) is 6.60. The van der Waals surface area contributed by atoms with Crippen LogP contribution in [0.3, 0.4) is 0 Å². The molecule has 0 amide bonds. The van der Waals surface area contributed by atoms with Crippen LogP contribution in [0.5, 0.6) is 5.88 Å². The Bertz CT molecular complexity index is 335. The van der Waals surface area contributed by atoms with Gasteiger partial charge >= 0.3 is 0 Å². The highest BCUT2D eigenvalue weighted by Crippen LogP contribution is 2.28. The zero-order chi connectivity index (χ0) is 10.7. The minimum Gasteiger partial charge on any atom is -0.481 e. The van der Waals surface area contributed by atoms with Crippen molar-refractivity contribution in [2.24, 2.45) is 0 Å². The molecule has 6 heteroatoms. The molecular weight excluding hydrogens is 326 g/mol. The summed E-state index contributed by atoms with van der Waals surface area (Å²) in [6.45, 7) is 0. The van der Waals surface area contributed by atoms with Crippen LogP contribution < -0.4 is 4.74 Å². The van der Waals surface area contributed by atoms with Crippen molar-refractivity contribution >= 4 is 34.2 Å². The van der Waals surface area contributed by atoms with E-state index in [1.54, 1.807) is 22.6 Å². The van der Waals surface area contributed by atoms with Crippen molar-refractivity contribution in [2.75, 3.05) is 7.11 Å².